The second-order valence-electron chi connectivity index (χ2n) is 9.04. The molecule has 2 aromatic heterocycles. The van der Waals surface area contributed by atoms with Gasteiger partial charge in [-0.05, 0) is 49.0 Å². The Morgan fingerprint density at radius 3 is 2.55 bits per heavy atom. The number of anilines is 2. The maximum absolute atomic E-state index is 13.3. The highest BCUT2D eigenvalue weighted by Gasteiger charge is 2.26. The number of aromatic nitrogens is 3. The highest BCUT2D eigenvalue weighted by Crippen LogP contribution is 2.29. The highest BCUT2D eigenvalue weighted by atomic mass is 35.5. The number of hydrogen-bond acceptors (Lipinski definition) is 9. The van der Waals surface area contributed by atoms with Gasteiger partial charge in [-0.2, -0.15) is 0 Å². The number of nitrogens with zero attached hydrogens (tertiary/aromatic N) is 4. The smallest absolute Gasteiger partial charge is 0.339 e. The molecular weight excluding hydrogens is 556 g/mol. The quantitative estimate of drug-likeness (QED) is 0.298. The number of benzene rings is 2. The van der Waals surface area contributed by atoms with Gasteiger partial charge >= 0.3 is 5.97 Å². The van der Waals surface area contributed by atoms with Crippen LogP contribution in [0.1, 0.15) is 28.5 Å². The molecule has 40 heavy (non-hydrogen) atoms. The Hall–Kier alpha value is -4.13. The molecule has 0 fully saturated rings. The third kappa shape index (κ3) is 6.03. The lowest BCUT2D eigenvalue weighted by Crippen LogP contribution is -2.32. The summed E-state index contributed by atoms with van der Waals surface area (Å²) in [4.78, 5) is 32.8. The molecule has 2 N–H and O–H groups in total. The van der Waals surface area contributed by atoms with E-state index in [0.29, 0.717) is 28.7 Å². The zero-order chi connectivity index (χ0) is 28.3. The number of hydrogen-bond donors (Lipinski definition) is 2. The van der Waals surface area contributed by atoms with E-state index in [-0.39, 0.29) is 15.9 Å². The molecule has 0 aliphatic carbocycles. The average Bonchev–Trinajstić information content (AvgIpc) is 2.95. The van der Waals surface area contributed by atoms with Crippen molar-refractivity contribution in [1.29, 1.82) is 0 Å². The number of ether oxygens (including phenoxy) is 1. The fraction of sp³-hybridized carbons (Fsp3) is 0.222. The van der Waals surface area contributed by atoms with Crippen molar-refractivity contribution in [2.45, 2.75) is 24.8 Å². The van der Waals surface area contributed by atoms with Gasteiger partial charge in [0.15, 0.2) is 17.6 Å². The van der Waals surface area contributed by atoms with Crippen LogP contribution < -0.4 is 10.0 Å². The normalized spacial score (nSPS) is 13.4. The molecule has 0 unspecified atom stereocenters. The Balaban J connectivity index is 1.25. The van der Waals surface area contributed by atoms with E-state index in [1.54, 1.807) is 0 Å². The molecule has 0 atom stereocenters. The van der Waals surface area contributed by atoms with Gasteiger partial charge in [-0.1, -0.05) is 36.7 Å². The largest absolute Gasteiger partial charge is 0.452 e. The van der Waals surface area contributed by atoms with E-state index < -0.39 is 28.5 Å². The minimum absolute atomic E-state index is 0.00855. The van der Waals surface area contributed by atoms with Gasteiger partial charge in [0.25, 0.3) is 15.9 Å². The van der Waals surface area contributed by atoms with Crippen LogP contribution in [0.2, 0.25) is 5.15 Å². The van der Waals surface area contributed by atoms with Gasteiger partial charge in [0.05, 0.1) is 16.0 Å². The van der Waals surface area contributed by atoms with E-state index in [4.69, 9.17) is 21.3 Å². The Morgan fingerprint density at radius 1 is 1.05 bits per heavy atom. The fourth-order valence-corrected chi connectivity index (χ4v) is 5.53. The number of halogens is 1. The topological polar surface area (TPSA) is 143 Å². The van der Waals surface area contributed by atoms with Crippen LogP contribution in [0, 0.1) is 0 Å². The summed E-state index contributed by atoms with van der Waals surface area (Å²) >= 11 is 5.67. The molecule has 2 aromatic carbocycles. The van der Waals surface area contributed by atoms with Crippen LogP contribution in [0.3, 0.4) is 0 Å². The lowest BCUT2D eigenvalue weighted by Gasteiger charge is -2.28. The van der Waals surface area contributed by atoms with E-state index in [1.807, 2.05) is 24.3 Å². The van der Waals surface area contributed by atoms with Gasteiger partial charge in [0.1, 0.15) is 0 Å². The van der Waals surface area contributed by atoms with E-state index in [0.717, 1.165) is 30.8 Å². The zero-order valence-electron chi connectivity index (χ0n) is 21.4. The molecule has 13 heteroatoms. The molecule has 1 aliphatic rings. The molecule has 1 aliphatic heterocycles. The van der Waals surface area contributed by atoms with E-state index in [2.05, 4.69) is 32.1 Å². The molecule has 1 amide bonds. The first-order chi connectivity index (χ1) is 19.2. The summed E-state index contributed by atoms with van der Waals surface area (Å²) in [5.41, 5.74) is 3.16. The lowest BCUT2D eigenvalue weighted by molar-refractivity contribution is -0.119. The lowest BCUT2D eigenvalue weighted by atomic mass is 9.96. The van der Waals surface area contributed by atoms with Crippen molar-refractivity contribution in [3.05, 3.63) is 82.6 Å². The first-order valence-corrected chi connectivity index (χ1v) is 14.3. The predicted octanol–water partition coefficient (Wildman–Crippen LogP) is 3.65. The molecule has 11 nitrogen and oxygen atoms in total. The number of rotatable bonds is 8. The van der Waals surface area contributed by atoms with Crippen LogP contribution in [0.4, 0.5) is 11.5 Å². The molecule has 0 radical (unpaired) electrons. The molecule has 206 valence electrons. The first kappa shape index (κ1) is 27.4. The van der Waals surface area contributed by atoms with Gasteiger partial charge < -0.3 is 10.1 Å². The number of carbonyl (C=O) groups excluding carboxylic acids is 2. The van der Waals surface area contributed by atoms with Crippen molar-refractivity contribution < 1.29 is 22.7 Å². The van der Waals surface area contributed by atoms with Crippen LogP contribution in [-0.2, 0) is 32.5 Å². The summed E-state index contributed by atoms with van der Waals surface area (Å²) in [6.45, 7) is 3.83. The molecule has 0 saturated heterocycles. The molecule has 0 bridgehead atoms. The summed E-state index contributed by atoms with van der Waals surface area (Å²) in [7, 11) is -3.94. The number of sulfonamides is 1. The number of esters is 1. The van der Waals surface area contributed by atoms with Crippen molar-refractivity contribution in [2.24, 2.45) is 0 Å². The van der Waals surface area contributed by atoms with Crippen LogP contribution in [0.15, 0.2) is 65.6 Å². The molecule has 5 rings (SSSR count). The molecule has 0 saturated carbocycles. The van der Waals surface area contributed by atoms with E-state index >= 15 is 0 Å². The third-order valence-electron chi connectivity index (χ3n) is 6.43. The Bertz CT molecular complexity index is 1680. The molecular formula is C27H25ClN6O5S. The maximum atomic E-state index is 13.3. The van der Waals surface area contributed by atoms with Crippen molar-refractivity contribution >= 4 is 55.9 Å². The Kier molecular flexibility index (Phi) is 7.92. The van der Waals surface area contributed by atoms with Crippen molar-refractivity contribution in [3.63, 3.8) is 0 Å². The Morgan fingerprint density at radius 2 is 1.82 bits per heavy atom. The number of pyridine rings is 1. The summed E-state index contributed by atoms with van der Waals surface area (Å²) in [5, 5.41) is 10.7. The molecule has 3 heterocycles. The average molecular weight is 581 g/mol. The number of nitrogens with one attached hydrogen (secondary N) is 2. The van der Waals surface area contributed by atoms with Crippen molar-refractivity contribution in [2.75, 3.05) is 29.7 Å². The van der Waals surface area contributed by atoms with Gasteiger partial charge in [0.2, 0.25) is 0 Å². The molecule has 0 spiro atoms. The number of likely N-dealkylation sites (N-methyl/N-ethyl adjacent to an activating group) is 1. The van der Waals surface area contributed by atoms with Gasteiger partial charge in [0, 0.05) is 41.8 Å². The van der Waals surface area contributed by atoms with Gasteiger partial charge in [-0.25, -0.2) is 13.2 Å². The summed E-state index contributed by atoms with van der Waals surface area (Å²) < 4.78 is 32.9. The van der Waals surface area contributed by atoms with Crippen LogP contribution in [0.25, 0.3) is 10.9 Å². The Labute approximate surface area is 235 Å². The number of para-hydroxylation sites is 1. The molecule has 4 aromatic rings. The second kappa shape index (κ2) is 11.5. The maximum Gasteiger partial charge on any atom is 0.339 e. The predicted molar refractivity (Wildman–Crippen MR) is 150 cm³/mol. The highest BCUT2D eigenvalue weighted by molar-refractivity contribution is 7.92. The number of carbonyl (C=O) groups is 2. The second-order valence-corrected chi connectivity index (χ2v) is 11.1. The summed E-state index contributed by atoms with van der Waals surface area (Å²) in [6.07, 6.45) is 0.725. The fourth-order valence-electron chi connectivity index (χ4n) is 4.43. The number of fused-ring (bicyclic) bond motifs is 2. The first-order valence-electron chi connectivity index (χ1n) is 12.5. The zero-order valence-corrected chi connectivity index (χ0v) is 23.0. The minimum Gasteiger partial charge on any atom is -0.452 e. The monoisotopic (exact) mass is 580 g/mol. The third-order valence-corrected chi connectivity index (χ3v) is 8.00. The van der Waals surface area contributed by atoms with Crippen LogP contribution >= 0.6 is 11.6 Å². The van der Waals surface area contributed by atoms with Crippen molar-refractivity contribution in [3.8, 4) is 0 Å². The van der Waals surface area contributed by atoms with E-state index in [9.17, 15) is 18.0 Å². The summed E-state index contributed by atoms with van der Waals surface area (Å²) in [6, 6.07) is 15.7. The standard InChI is InChI=1S/C27H25ClN6O5S/c1-2-34-14-13-22-20(15-34)26(19-5-3-4-6-21(19)30-22)27(36)39-16-25(35)29-17-7-9-18(10-8-17)40(37,38)33-24-12-11-23(28)31-32-24/h3-12H,2,13-16H2,1H3,(H,29,35)(H,32,33). The van der Waals surface area contributed by atoms with Crippen molar-refractivity contribution in [1.82, 2.24) is 20.1 Å². The van der Waals surface area contributed by atoms with Gasteiger partial charge in [-0.3, -0.25) is 19.4 Å². The SMILES string of the molecule is CCN1CCc2nc3ccccc3c(C(=O)OCC(=O)Nc3ccc(S(=O)(=O)Nc4ccc(Cl)nn4)cc3)c2C1. The van der Waals surface area contributed by atoms with Gasteiger partial charge in [-0.15, -0.1) is 10.2 Å². The minimum atomic E-state index is -3.94. The number of amides is 1. The van der Waals surface area contributed by atoms with Crippen LogP contribution in [0.5, 0.6) is 0 Å². The van der Waals surface area contributed by atoms with Crippen LogP contribution in [-0.4, -0.2) is 60.1 Å². The summed E-state index contributed by atoms with van der Waals surface area (Å²) in [5.74, 6) is -1.16. The van der Waals surface area contributed by atoms with E-state index in [1.165, 1.54) is 36.4 Å².